The molecule has 1 saturated heterocycles. The molecule has 0 aromatic carbocycles. The van der Waals surface area contributed by atoms with E-state index < -0.39 is 9.84 Å². The third-order valence-electron chi connectivity index (χ3n) is 3.51. The Morgan fingerprint density at radius 1 is 1.19 bits per heavy atom. The van der Waals surface area contributed by atoms with Crippen LogP contribution in [-0.2, 0) is 16.3 Å². The number of anilines is 2. The zero-order valence-electron chi connectivity index (χ0n) is 12.7. The highest BCUT2D eigenvalue weighted by Crippen LogP contribution is 2.19. The van der Waals surface area contributed by atoms with Gasteiger partial charge in [0.2, 0.25) is 0 Å². The van der Waals surface area contributed by atoms with Gasteiger partial charge in [-0.15, -0.1) is 0 Å². The molecule has 118 valence electrons. The number of hydrogen-bond acceptors (Lipinski definition) is 6. The van der Waals surface area contributed by atoms with Gasteiger partial charge in [0, 0.05) is 25.1 Å². The van der Waals surface area contributed by atoms with Gasteiger partial charge in [-0.3, -0.25) is 0 Å². The molecule has 0 saturated carbocycles. The maximum atomic E-state index is 11.5. The van der Waals surface area contributed by atoms with Gasteiger partial charge in [-0.1, -0.05) is 6.92 Å². The molecular weight excluding hydrogens is 288 g/mol. The first-order valence-corrected chi connectivity index (χ1v) is 9.43. The van der Waals surface area contributed by atoms with E-state index >= 15 is 0 Å². The van der Waals surface area contributed by atoms with Crippen LogP contribution in [0.1, 0.15) is 38.9 Å². The predicted octanol–water partition coefficient (Wildman–Crippen LogP) is 1.85. The Hall–Kier alpha value is -1.37. The zero-order valence-corrected chi connectivity index (χ0v) is 13.5. The van der Waals surface area contributed by atoms with E-state index in [-0.39, 0.29) is 17.5 Å². The molecule has 2 rings (SSSR count). The fourth-order valence-corrected chi connectivity index (χ4v) is 3.91. The molecule has 0 unspecified atom stereocenters. The van der Waals surface area contributed by atoms with Crippen molar-refractivity contribution >= 4 is 21.5 Å². The first-order valence-electron chi connectivity index (χ1n) is 7.61. The summed E-state index contributed by atoms with van der Waals surface area (Å²) < 4.78 is 22.9. The molecule has 21 heavy (non-hydrogen) atoms. The minimum Gasteiger partial charge on any atom is -0.370 e. The van der Waals surface area contributed by atoms with Gasteiger partial charge in [-0.2, -0.15) is 0 Å². The van der Waals surface area contributed by atoms with E-state index in [2.05, 4.69) is 27.5 Å². The zero-order chi connectivity index (χ0) is 15.3. The molecule has 0 amide bonds. The molecule has 0 atom stereocenters. The van der Waals surface area contributed by atoms with Gasteiger partial charge >= 0.3 is 0 Å². The van der Waals surface area contributed by atoms with Crippen molar-refractivity contribution in [3.8, 4) is 0 Å². The second-order valence-electron chi connectivity index (χ2n) is 5.41. The van der Waals surface area contributed by atoms with Crippen LogP contribution in [0, 0.1) is 0 Å². The third kappa shape index (κ3) is 4.84. The van der Waals surface area contributed by atoms with E-state index in [0.717, 1.165) is 36.8 Å². The first kappa shape index (κ1) is 16.0. The molecule has 1 aliphatic rings. The molecule has 0 spiro atoms. The lowest BCUT2D eigenvalue weighted by molar-refractivity contribution is 0.559. The summed E-state index contributed by atoms with van der Waals surface area (Å²) in [6.45, 7) is 4.94. The molecule has 1 fully saturated rings. The minimum atomic E-state index is -2.83. The van der Waals surface area contributed by atoms with E-state index in [4.69, 9.17) is 0 Å². The summed E-state index contributed by atoms with van der Waals surface area (Å²) in [6, 6.07) is 2.07. The lowest BCUT2D eigenvalue weighted by Crippen LogP contribution is -2.32. The normalized spacial score (nSPS) is 18.4. The van der Waals surface area contributed by atoms with Crippen LogP contribution < -0.4 is 10.6 Å². The number of hydrogen-bond donors (Lipinski definition) is 2. The largest absolute Gasteiger partial charge is 0.370 e. The maximum Gasteiger partial charge on any atom is 0.150 e. The van der Waals surface area contributed by atoms with Crippen molar-refractivity contribution in [1.29, 1.82) is 0 Å². The molecule has 0 aliphatic carbocycles. The summed E-state index contributed by atoms with van der Waals surface area (Å²) in [7, 11) is -2.83. The van der Waals surface area contributed by atoms with Gasteiger partial charge in [0.1, 0.15) is 27.3 Å². The van der Waals surface area contributed by atoms with Crippen molar-refractivity contribution in [3.63, 3.8) is 0 Å². The highest BCUT2D eigenvalue weighted by atomic mass is 32.2. The lowest BCUT2D eigenvalue weighted by atomic mass is 10.1. The second-order valence-corrected chi connectivity index (χ2v) is 7.71. The molecule has 6 nitrogen and oxygen atoms in total. The van der Waals surface area contributed by atoms with Crippen LogP contribution in [0.3, 0.4) is 0 Å². The van der Waals surface area contributed by atoms with Crippen LogP contribution in [0.5, 0.6) is 0 Å². The monoisotopic (exact) mass is 312 g/mol. The van der Waals surface area contributed by atoms with Crippen LogP contribution in [-0.4, -0.2) is 42.5 Å². The Labute approximate surface area is 126 Å². The average molecular weight is 312 g/mol. The fraction of sp³-hybridized carbons (Fsp3) is 0.714. The quantitative estimate of drug-likeness (QED) is 0.834. The van der Waals surface area contributed by atoms with Gasteiger partial charge in [0.15, 0.2) is 0 Å². The van der Waals surface area contributed by atoms with E-state index in [1.807, 2.05) is 13.0 Å². The van der Waals surface area contributed by atoms with Crippen molar-refractivity contribution in [1.82, 2.24) is 9.97 Å². The van der Waals surface area contributed by atoms with Crippen LogP contribution >= 0.6 is 0 Å². The molecular formula is C14H24N4O2S. The first-order chi connectivity index (χ1) is 10.0. The summed E-state index contributed by atoms with van der Waals surface area (Å²) >= 11 is 0. The molecule has 1 aromatic rings. The summed E-state index contributed by atoms with van der Waals surface area (Å²) in [5, 5.41) is 6.57. The topological polar surface area (TPSA) is 84.0 Å². The third-order valence-corrected chi connectivity index (χ3v) is 5.23. The lowest BCUT2D eigenvalue weighted by Gasteiger charge is -2.24. The van der Waals surface area contributed by atoms with Crippen molar-refractivity contribution in [3.05, 3.63) is 11.9 Å². The Kier molecular flexibility index (Phi) is 5.39. The Morgan fingerprint density at radius 3 is 2.48 bits per heavy atom. The van der Waals surface area contributed by atoms with Crippen molar-refractivity contribution in [2.24, 2.45) is 0 Å². The predicted molar refractivity (Wildman–Crippen MR) is 85.5 cm³/mol. The maximum absolute atomic E-state index is 11.5. The van der Waals surface area contributed by atoms with Crippen molar-refractivity contribution < 1.29 is 8.42 Å². The number of rotatable bonds is 6. The Bertz CT molecular complexity index is 536. The summed E-state index contributed by atoms with van der Waals surface area (Å²) in [6.07, 6.45) is 3.13. The van der Waals surface area contributed by atoms with Gasteiger partial charge in [-0.25, -0.2) is 18.4 Å². The molecule has 0 bridgehead atoms. The smallest absolute Gasteiger partial charge is 0.150 e. The SMILES string of the molecule is CCCc1nc(NCC)cc(NC2CCS(=O)(=O)CC2)n1. The second kappa shape index (κ2) is 7.06. The van der Waals surface area contributed by atoms with Crippen molar-refractivity contribution in [2.75, 3.05) is 28.7 Å². The number of nitrogens with zero attached hydrogens (tertiary/aromatic N) is 2. The fourth-order valence-electron chi connectivity index (χ4n) is 2.42. The van der Waals surface area contributed by atoms with Gasteiger partial charge < -0.3 is 10.6 Å². The minimum absolute atomic E-state index is 0.173. The Balaban J connectivity index is 2.07. The van der Waals surface area contributed by atoms with E-state index in [1.165, 1.54) is 0 Å². The van der Waals surface area contributed by atoms with Gasteiger partial charge in [-0.05, 0) is 26.2 Å². The molecule has 0 radical (unpaired) electrons. The van der Waals surface area contributed by atoms with Crippen LogP contribution in [0.2, 0.25) is 0 Å². The van der Waals surface area contributed by atoms with E-state index in [0.29, 0.717) is 12.8 Å². The standard InChI is InChI=1S/C14H24N4O2S/c1-3-5-12-17-13(15-4-2)10-14(18-12)16-11-6-8-21(19,20)9-7-11/h10-11H,3-9H2,1-2H3,(H2,15,16,17,18). The molecule has 1 aromatic heterocycles. The van der Waals surface area contributed by atoms with E-state index in [9.17, 15) is 8.42 Å². The van der Waals surface area contributed by atoms with E-state index in [1.54, 1.807) is 0 Å². The highest BCUT2D eigenvalue weighted by Gasteiger charge is 2.23. The van der Waals surface area contributed by atoms with Crippen LogP contribution in [0.4, 0.5) is 11.6 Å². The van der Waals surface area contributed by atoms with Crippen LogP contribution in [0.25, 0.3) is 0 Å². The molecule has 7 heteroatoms. The molecule has 2 N–H and O–H groups in total. The van der Waals surface area contributed by atoms with Gasteiger partial charge in [0.05, 0.1) is 11.5 Å². The Morgan fingerprint density at radius 2 is 1.86 bits per heavy atom. The summed E-state index contributed by atoms with van der Waals surface area (Å²) in [4.78, 5) is 9.00. The molecule has 2 heterocycles. The molecule has 1 aliphatic heterocycles. The van der Waals surface area contributed by atoms with Gasteiger partial charge in [0.25, 0.3) is 0 Å². The highest BCUT2D eigenvalue weighted by molar-refractivity contribution is 7.91. The summed E-state index contributed by atoms with van der Waals surface area (Å²) in [5.41, 5.74) is 0. The van der Waals surface area contributed by atoms with Crippen molar-refractivity contribution in [2.45, 2.75) is 45.6 Å². The number of aromatic nitrogens is 2. The summed E-state index contributed by atoms with van der Waals surface area (Å²) in [5.74, 6) is 2.95. The number of sulfone groups is 1. The van der Waals surface area contributed by atoms with Crippen LogP contribution in [0.15, 0.2) is 6.07 Å². The number of aryl methyl sites for hydroxylation is 1. The average Bonchev–Trinajstić information content (AvgIpc) is 2.42. The number of nitrogens with one attached hydrogen (secondary N) is 2.